The van der Waals surface area contributed by atoms with Crippen LogP contribution in [-0.4, -0.2) is 30.6 Å². The SMILES string of the molecule is Fc1cnc(N2[B]N(c3ncc(F)cc3F)CC2)c(F)c1. The second-order valence-corrected chi connectivity index (χ2v) is 4.42. The topological polar surface area (TPSA) is 32.3 Å². The zero-order valence-electron chi connectivity index (χ0n) is 10.6. The van der Waals surface area contributed by atoms with Gasteiger partial charge >= 0.3 is 7.55 Å². The molecular formula is C12H8BF4N4. The fourth-order valence-electron chi connectivity index (χ4n) is 2.06. The molecule has 1 aliphatic heterocycles. The molecule has 0 aromatic carbocycles. The quantitative estimate of drug-likeness (QED) is 0.625. The Balaban J connectivity index is 1.82. The lowest BCUT2D eigenvalue weighted by molar-refractivity contribution is 0.572. The van der Waals surface area contributed by atoms with E-state index in [2.05, 4.69) is 9.97 Å². The van der Waals surface area contributed by atoms with Crippen LogP contribution in [0.3, 0.4) is 0 Å². The fraction of sp³-hybridized carbons (Fsp3) is 0.167. The minimum absolute atomic E-state index is 0.0681. The molecule has 0 atom stereocenters. The van der Waals surface area contributed by atoms with Crippen LogP contribution < -0.4 is 9.62 Å². The number of anilines is 2. The lowest BCUT2D eigenvalue weighted by Gasteiger charge is -2.18. The lowest BCUT2D eigenvalue weighted by Crippen LogP contribution is -2.31. The van der Waals surface area contributed by atoms with Gasteiger partial charge in [-0.05, 0) is 0 Å². The van der Waals surface area contributed by atoms with Crippen molar-refractivity contribution in [2.45, 2.75) is 0 Å². The van der Waals surface area contributed by atoms with E-state index in [9.17, 15) is 17.6 Å². The summed E-state index contributed by atoms with van der Waals surface area (Å²) in [7, 11) is 1.40. The van der Waals surface area contributed by atoms with E-state index in [1.807, 2.05) is 0 Å². The summed E-state index contributed by atoms with van der Waals surface area (Å²) in [5.41, 5.74) is 0. The van der Waals surface area contributed by atoms with Gasteiger partial charge in [-0.2, -0.15) is 0 Å². The Morgan fingerprint density at radius 3 is 1.62 bits per heavy atom. The molecule has 0 N–H and O–H groups in total. The number of nitrogens with zero attached hydrogens (tertiary/aromatic N) is 4. The van der Waals surface area contributed by atoms with Crippen LogP contribution in [0.2, 0.25) is 0 Å². The molecule has 0 unspecified atom stereocenters. The molecule has 2 aromatic rings. The van der Waals surface area contributed by atoms with Gasteiger partial charge in [0, 0.05) is 25.2 Å². The summed E-state index contributed by atoms with van der Waals surface area (Å²) in [6, 6.07) is 1.44. The van der Waals surface area contributed by atoms with Gasteiger partial charge in [0.25, 0.3) is 0 Å². The van der Waals surface area contributed by atoms with E-state index in [1.54, 1.807) is 0 Å². The zero-order chi connectivity index (χ0) is 15.0. The van der Waals surface area contributed by atoms with Crippen molar-refractivity contribution in [3.8, 4) is 0 Å². The average molecular weight is 295 g/mol. The van der Waals surface area contributed by atoms with Crippen LogP contribution in [0.4, 0.5) is 29.2 Å². The van der Waals surface area contributed by atoms with E-state index in [1.165, 1.54) is 17.2 Å². The molecule has 107 valence electrons. The maximum Gasteiger partial charge on any atom is 0.394 e. The molecule has 0 amide bonds. The fourth-order valence-corrected chi connectivity index (χ4v) is 2.06. The Labute approximate surface area is 118 Å². The minimum atomic E-state index is -0.819. The van der Waals surface area contributed by atoms with Crippen molar-refractivity contribution in [3.05, 3.63) is 47.8 Å². The summed E-state index contributed by atoms with van der Waals surface area (Å²) in [5.74, 6) is -3.33. The van der Waals surface area contributed by atoms with Crippen molar-refractivity contribution in [3.63, 3.8) is 0 Å². The molecule has 1 fully saturated rings. The first-order valence-corrected chi connectivity index (χ1v) is 6.05. The number of halogens is 4. The molecule has 9 heteroatoms. The second kappa shape index (κ2) is 5.23. The monoisotopic (exact) mass is 295 g/mol. The lowest BCUT2D eigenvalue weighted by atomic mass is 10.1. The number of hydrogen-bond donors (Lipinski definition) is 0. The Hall–Kier alpha value is -2.32. The van der Waals surface area contributed by atoms with Crippen molar-refractivity contribution >= 4 is 19.2 Å². The standard InChI is InChI=1S/C12H8BF4N4/c14-7-3-9(16)11(18-5-7)20-1-2-21(13-20)12-10(17)4-8(15)6-19-12/h3-6H,1-2H2. The normalized spacial score (nSPS) is 14.5. The first kappa shape index (κ1) is 13.7. The molecule has 21 heavy (non-hydrogen) atoms. The van der Waals surface area contributed by atoms with Crippen LogP contribution in [-0.2, 0) is 0 Å². The van der Waals surface area contributed by atoms with Crippen molar-refractivity contribution in [1.29, 1.82) is 0 Å². The van der Waals surface area contributed by atoms with Gasteiger partial charge in [-0.15, -0.1) is 0 Å². The Kier molecular flexibility index (Phi) is 3.40. The molecule has 1 saturated heterocycles. The van der Waals surface area contributed by atoms with Crippen LogP contribution in [0, 0.1) is 23.3 Å². The number of pyridine rings is 2. The van der Waals surface area contributed by atoms with Gasteiger partial charge in [0.05, 0.1) is 12.4 Å². The summed E-state index contributed by atoms with van der Waals surface area (Å²) >= 11 is 0. The highest BCUT2D eigenvalue weighted by Gasteiger charge is 2.28. The van der Waals surface area contributed by atoms with Gasteiger partial charge in [0.2, 0.25) is 0 Å². The number of aromatic nitrogens is 2. The third kappa shape index (κ3) is 2.63. The molecule has 0 aliphatic carbocycles. The summed E-state index contributed by atoms with van der Waals surface area (Å²) in [6.45, 7) is 0.627. The first-order chi connectivity index (χ1) is 10.0. The first-order valence-electron chi connectivity index (χ1n) is 6.05. The molecule has 1 aliphatic rings. The third-order valence-electron chi connectivity index (χ3n) is 2.98. The van der Waals surface area contributed by atoms with Gasteiger partial charge in [-0.25, -0.2) is 27.5 Å². The molecule has 4 nitrogen and oxygen atoms in total. The smallest absolute Gasteiger partial charge is 0.379 e. The van der Waals surface area contributed by atoms with E-state index < -0.39 is 23.3 Å². The molecule has 0 bridgehead atoms. The van der Waals surface area contributed by atoms with Crippen LogP contribution >= 0.6 is 0 Å². The largest absolute Gasteiger partial charge is 0.394 e. The van der Waals surface area contributed by atoms with Crippen LogP contribution in [0.15, 0.2) is 24.5 Å². The second-order valence-electron chi connectivity index (χ2n) is 4.42. The summed E-state index contributed by atoms with van der Waals surface area (Å²) in [6.07, 6.45) is 1.79. The zero-order valence-corrected chi connectivity index (χ0v) is 10.6. The highest BCUT2D eigenvalue weighted by atomic mass is 19.1. The molecule has 0 saturated carbocycles. The van der Waals surface area contributed by atoms with Crippen molar-refractivity contribution in [2.75, 3.05) is 22.7 Å². The van der Waals surface area contributed by atoms with Gasteiger partial charge in [0.1, 0.15) is 11.6 Å². The van der Waals surface area contributed by atoms with E-state index >= 15 is 0 Å². The third-order valence-corrected chi connectivity index (χ3v) is 2.98. The number of rotatable bonds is 2. The van der Waals surface area contributed by atoms with Gasteiger partial charge in [0.15, 0.2) is 23.3 Å². The molecule has 0 spiro atoms. The Morgan fingerprint density at radius 1 is 0.810 bits per heavy atom. The molecule has 1 radical (unpaired) electrons. The minimum Gasteiger partial charge on any atom is -0.379 e. The Bertz CT molecular complexity index is 627. The molecule has 3 heterocycles. The van der Waals surface area contributed by atoms with E-state index in [4.69, 9.17) is 0 Å². The maximum atomic E-state index is 13.6. The van der Waals surface area contributed by atoms with Crippen LogP contribution in [0.1, 0.15) is 0 Å². The number of hydrogen-bond acceptors (Lipinski definition) is 4. The van der Waals surface area contributed by atoms with Crippen molar-refractivity contribution < 1.29 is 17.6 Å². The van der Waals surface area contributed by atoms with E-state index in [0.717, 1.165) is 24.5 Å². The molecule has 3 rings (SSSR count). The van der Waals surface area contributed by atoms with Gasteiger partial charge in [-0.1, -0.05) is 0 Å². The molecule has 2 aromatic heterocycles. The van der Waals surface area contributed by atoms with Crippen molar-refractivity contribution in [1.82, 2.24) is 9.97 Å². The van der Waals surface area contributed by atoms with E-state index in [0.29, 0.717) is 13.1 Å². The molecular weight excluding hydrogens is 287 g/mol. The summed E-state index contributed by atoms with van der Waals surface area (Å²) in [4.78, 5) is 10.1. The maximum absolute atomic E-state index is 13.6. The predicted molar refractivity (Wildman–Crippen MR) is 68.8 cm³/mol. The summed E-state index contributed by atoms with van der Waals surface area (Å²) in [5, 5.41) is 0. The Morgan fingerprint density at radius 2 is 1.24 bits per heavy atom. The van der Waals surface area contributed by atoms with Crippen molar-refractivity contribution in [2.24, 2.45) is 0 Å². The van der Waals surface area contributed by atoms with E-state index in [-0.39, 0.29) is 11.6 Å². The van der Waals surface area contributed by atoms with Crippen LogP contribution in [0.25, 0.3) is 0 Å². The summed E-state index contributed by atoms with van der Waals surface area (Å²) < 4.78 is 52.9. The van der Waals surface area contributed by atoms with Crippen LogP contribution in [0.5, 0.6) is 0 Å². The highest BCUT2D eigenvalue weighted by Crippen LogP contribution is 2.23. The van der Waals surface area contributed by atoms with Gasteiger partial charge < -0.3 is 9.62 Å². The van der Waals surface area contributed by atoms with Gasteiger partial charge in [-0.3, -0.25) is 0 Å². The highest BCUT2D eigenvalue weighted by molar-refractivity contribution is 6.47. The predicted octanol–water partition coefficient (Wildman–Crippen LogP) is 1.89. The average Bonchev–Trinajstić information content (AvgIpc) is 2.87.